The van der Waals surface area contributed by atoms with Crippen molar-refractivity contribution in [2.45, 2.75) is 26.8 Å². The van der Waals surface area contributed by atoms with Crippen molar-refractivity contribution in [3.8, 4) is 0 Å². The maximum Gasteiger partial charge on any atom is 0.319 e. The van der Waals surface area contributed by atoms with E-state index in [1.165, 1.54) is 0 Å². The summed E-state index contributed by atoms with van der Waals surface area (Å²) in [6, 6.07) is 7.88. The Hall–Kier alpha value is -1.51. The van der Waals surface area contributed by atoms with Crippen LogP contribution in [0.3, 0.4) is 0 Å². The Morgan fingerprint density at radius 1 is 1.20 bits per heavy atom. The number of anilines is 1. The number of urea groups is 1. The molecule has 2 N–H and O–H groups in total. The molecule has 0 saturated heterocycles. The highest BCUT2D eigenvalue weighted by Gasteiger charge is 2.32. The van der Waals surface area contributed by atoms with Gasteiger partial charge in [-0.25, -0.2) is 4.79 Å². The molecule has 0 spiro atoms. The largest absolute Gasteiger partial charge is 0.330 e. The van der Waals surface area contributed by atoms with Crippen LogP contribution in [-0.4, -0.2) is 6.03 Å². The standard InChI is InChI=1S/C12H16N2O/c1-12(2,3)10-8-6-4-5-7-9(8)13-11(15)14-10/h4-7,10H,1-3H3,(H2,13,14,15). The average molecular weight is 204 g/mol. The molecular weight excluding hydrogens is 188 g/mol. The molecule has 1 aliphatic heterocycles. The first-order chi connectivity index (χ1) is 6.98. The van der Waals surface area contributed by atoms with E-state index >= 15 is 0 Å². The van der Waals surface area contributed by atoms with Gasteiger partial charge >= 0.3 is 6.03 Å². The van der Waals surface area contributed by atoms with Crippen LogP contribution in [-0.2, 0) is 0 Å². The van der Waals surface area contributed by atoms with Gasteiger partial charge < -0.3 is 10.6 Å². The van der Waals surface area contributed by atoms with E-state index in [0.29, 0.717) is 0 Å². The van der Waals surface area contributed by atoms with E-state index in [0.717, 1.165) is 11.3 Å². The molecule has 2 amide bonds. The summed E-state index contributed by atoms with van der Waals surface area (Å²) in [5.41, 5.74) is 2.10. The first-order valence-corrected chi connectivity index (χ1v) is 5.15. The lowest BCUT2D eigenvalue weighted by molar-refractivity contribution is 0.226. The highest BCUT2D eigenvalue weighted by atomic mass is 16.2. The van der Waals surface area contributed by atoms with Crippen LogP contribution in [0.4, 0.5) is 10.5 Å². The molecule has 2 rings (SSSR count). The Morgan fingerprint density at radius 3 is 2.53 bits per heavy atom. The predicted molar refractivity (Wildman–Crippen MR) is 60.8 cm³/mol. The van der Waals surface area contributed by atoms with Crippen LogP contribution >= 0.6 is 0 Å². The number of carbonyl (C=O) groups excluding carboxylic acids is 1. The molecule has 0 bridgehead atoms. The Balaban J connectivity index is 2.47. The van der Waals surface area contributed by atoms with Crippen LogP contribution in [0.15, 0.2) is 24.3 Å². The third kappa shape index (κ3) is 1.82. The Bertz CT molecular complexity index is 393. The fraction of sp³-hybridized carbons (Fsp3) is 0.417. The number of fused-ring (bicyclic) bond motifs is 1. The summed E-state index contributed by atoms with van der Waals surface area (Å²) in [6.45, 7) is 6.38. The zero-order chi connectivity index (χ0) is 11.1. The van der Waals surface area contributed by atoms with E-state index in [2.05, 4.69) is 37.5 Å². The van der Waals surface area contributed by atoms with Gasteiger partial charge in [-0.2, -0.15) is 0 Å². The summed E-state index contributed by atoms with van der Waals surface area (Å²) in [5.74, 6) is 0. The second-order valence-electron chi connectivity index (χ2n) is 4.98. The zero-order valence-electron chi connectivity index (χ0n) is 9.29. The summed E-state index contributed by atoms with van der Waals surface area (Å²) in [5, 5.41) is 5.77. The first-order valence-electron chi connectivity index (χ1n) is 5.15. The van der Waals surface area contributed by atoms with Crippen LogP contribution in [0.2, 0.25) is 0 Å². The van der Waals surface area contributed by atoms with E-state index in [1.807, 2.05) is 18.2 Å². The normalized spacial score (nSPS) is 20.2. The SMILES string of the molecule is CC(C)(C)C1NC(=O)Nc2ccccc21. The monoisotopic (exact) mass is 204 g/mol. The summed E-state index contributed by atoms with van der Waals surface area (Å²) in [4.78, 5) is 11.5. The maximum atomic E-state index is 11.5. The van der Waals surface area contributed by atoms with Crippen molar-refractivity contribution < 1.29 is 4.79 Å². The van der Waals surface area contributed by atoms with Gasteiger partial charge in [-0.05, 0) is 17.0 Å². The first kappa shape index (κ1) is 10.0. The van der Waals surface area contributed by atoms with Gasteiger partial charge in [0.1, 0.15) is 0 Å². The molecule has 1 aromatic rings. The number of amides is 2. The molecule has 80 valence electrons. The molecule has 0 saturated carbocycles. The summed E-state index contributed by atoms with van der Waals surface area (Å²) in [7, 11) is 0. The summed E-state index contributed by atoms with van der Waals surface area (Å²) in [6.07, 6.45) is 0. The molecule has 1 aliphatic rings. The van der Waals surface area contributed by atoms with Crippen molar-refractivity contribution in [3.05, 3.63) is 29.8 Å². The van der Waals surface area contributed by atoms with Crippen molar-refractivity contribution in [1.82, 2.24) is 5.32 Å². The highest BCUT2D eigenvalue weighted by molar-refractivity contribution is 5.93. The van der Waals surface area contributed by atoms with Crippen LogP contribution in [0, 0.1) is 5.41 Å². The Morgan fingerprint density at radius 2 is 1.87 bits per heavy atom. The van der Waals surface area contributed by atoms with Crippen molar-refractivity contribution >= 4 is 11.7 Å². The zero-order valence-corrected chi connectivity index (χ0v) is 9.29. The van der Waals surface area contributed by atoms with E-state index in [4.69, 9.17) is 0 Å². The minimum atomic E-state index is -0.117. The number of hydrogen-bond donors (Lipinski definition) is 2. The smallest absolute Gasteiger partial charge is 0.319 e. The fourth-order valence-electron chi connectivity index (χ4n) is 1.91. The van der Waals surface area contributed by atoms with E-state index in [1.54, 1.807) is 0 Å². The number of benzene rings is 1. The molecule has 0 fully saturated rings. The summed E-state index contributed by atoms with van der Waals surface area (Å²) < 4.78 is 0. The number of nitrogens with one attached hydrogen (secondary N) is 2. The quantitative estimate of drug-likeness (QED) is 0.670. The Kier molecular flexibility index (Phi) is 2.18. The summed E-state index contributed by atoms with van der Waals surface area (Å²) >= 11 is 0. The lowest BCUT2D eigenvalue weighted by Gasteiger charge is -2.36. The van der Waals surface area contributed by atoms with Crippen molar-refractivity contribution in [2.75, 3.05) is 5.32 Å². The number of hydrogen-bond acceptors (Lipinski definition) is 1. The molecule has 1 unspecified atom stereocenters. The lowest BCUT2D eigenvalue weighted by Crippen LogP contribution is -2.43. The minimum Gasteiger partial charge on any atom is -0.330 e. The molecular formula is C12H16N2O. The highest BCUT2D eigenvalue weighted by Crippen LogP contribution is 2.38. The van der Waals surface area contributed by atoms with Gasteiger partial charge in [-0.15, -0.1) is 0 Å². The maximum absolute atomic E-state index is 11.5. The number of carbonyl (C=O) groups is 1. The second-order valence-corrected chi connectivity index (χ2v) is 4.98. The third-order valence-electron chi connectivity index (χ3n) is 2.66. The van der Waals surface area contributed by atoms with Gasteiger partial charge in [-0.3, -0.25) is 0 Å². The van der Waals surface area contributed by atoms with Gasteiger partial charge in [0.2, 0.25) is 0 Å². The molecule has 0 radical (unpaired) electrons. The number of rotatable bonds is 0. The molecule has 3 heteroatoms. The molecule has 0 aromatic heterocycles. The molecule has 1 atom stereocenters. The molecule has 15 heavy (non-hydrogen) atoms. The van der Waals surface area contributed by atoms with Crippen molar-refractivity contribution in [2.24, 2.45) is 5.41 Å². The molecule has 1 heterocycles. The molecule has 3 nitrogen and oxygen atoms in total. The molecule has 0 aliphatic carbocycles. The second kappa shape index (κ2) is 3.26. The van der Waals surface area contributed by atoms with Gasteiger partial charge in [0.15, 0.2) is 0 Å². The van der Waals surface area contributed by atoms with Gasteiger partial charge in [-0.1, -0.05) is 39.0 Å². The molecule has 1 aromatic carbocycles. The minimum absolute atomic E-state index is 0.0217. The van der Waals surface area contributed by atoms with Crippen LogP contribution in [0.1, 0.15) is 32.4 Å². The van der Waals surface area contributed by atoms with Gasteiger partial charge in [0, 0.05) is 5.69 Å². The van der Waals surface area contributed by atoms with Gasteiger partial charge in [0.05, 0.1) is 6.04 Å². The fourth-order valence-corrected chi connectivity index (χ4v) is 1.91. The lowest BCUT2D eigenvalue weighted by atomic mass is 9.81. The van der Waals surface area contributed by atoms with Crippen molar-refractivity contribution in [3.63, 3.8) is 0 Å². The number of para-hydroxylation sites is 1. The van der Waals surface area contributed by atoms with Gasteiger partial charge in [0.25, 0.3) is 0 Å². The van der Waals surface area contributed by atoms with E-state index in [-0.39, 0.29) is 17.5 Å². The van der Waals surface area contributed by atoms with E-state index in [9.17, 15) is 4.79 Å². The average Bonchev–Trinajstić information content (AvgIpc) is 2.15. The van der Waals surface area contributed by atoms with Crippen LogP contribution < -0.4 is 10.6 Å². The Labute approximate surface area is 89.9 Å². The third-order valence-corrected chi connectivity index (χ3v) is 2.66. The predicted octanol–water partition coefficient (Wildman–Crippen LogP) is 2.91. The topological polar surface area (TPSA) is 41.1 Å². The van der Waals surface area contributed by atoms with E-state index < -0.39 is 0 Å². The van der Waals surface area contributed by atoms with Crippen LogP contribution in [0.5, 0.6) is 0 Å². The van der Waals surface area contributed by atoms with Crippen molar-refractivity contribution in [1.29, 1.82) is 0 Å². The van der Waals surface area contributed by atoms with Crippen LogP contribution in [0.25, 0.3) is 0 Å².